The Labute approximate surface area is 315 Å². The Bertz CT molecular complexity index is 2380. The number of hydrogen-bond donors (Lipinski definition) is 6. The average Bonchev–Trinajstić information content (AvgIpc) is 3.47. The fraction of sp³-hybridized carbons (Fsp3) is 0.103. The number of benzene rings is 5. The van der Waals surface area contributed by atoms with Crippen LogP contribution < -0.4 is 11.5 Å². The van der Waals surface area contributed by atoms with Gasteiger partial charge in [0.15, 0.2) is 11.7 Å². The first kappa shape index (κ1) is 39.1. The fourth-order valence-corrected chi connectivity index (χ4v) is 6.89. The molecule has 0 aliphatic heterocycles. The van der Waals surface area contributed by atoms with Crippen molar-refractivity contribution < 1.29 is 38.2 Å². The van der Waals surface area contributed by atoms with Crippen molar-refractivity contribution in [3.63, 3.8) is 0 Å². The van der Waals surface area contributed by atoms with Gasteiger partial charge in [0, 0.05) is 37.7 Å². The zero-order valence-electron chi connectivity index (χ0n) is 28.7. The van der Waals surface area contributed by atoms with Crippen molar-refractivity contribution in [1.29, 1.82) is 0 Å². The van der Waals surface area contributed by atoms with Gasteiger partial charge in [-0.05, 0) is 126 Å². The van der Waals surface area contributed by atoms with Crippen molar-refractivity contribution in [2.24, 2.45) is 21.8 Å². The van der Waals surface area contributed by atoms with Crippen LogP contribution in [0.5, 0.6) is 11.5 Å². The van der Waals surface area contributed by atoms with Crippen molar-refractivity contribution in [3.8, 4) is 56.0 Å². The maximum absolute atomic E-state index is 13.6. The van der Waals surface area contributed by atoms with Crippen LogP contribution in [0.2, 0.25) is 5.02 Å². The molecule has 0 unspecified atom stereocenters. The molecule has 8 N–H and O–H groups in total. The fourth-order valence-electron chi connectivity index (χ4n) is 5.97. The van der Waals surface area contributed by atoms with E-state index in [-0.39, 0.29) is 34.0 Å². The van der Waals surface area contributed by atoms with E-state index in [9.17, 15) is 33.0 Å². The molecule has 0 aliphatic carbocycles. The van der Waals surface area contributed by atoms with Crippen molar-refractivity contribution in [3.05, 3.63) is 135 Å². The van der Waals surface area contributed by atoms with E-state index in [1.165, 1.54) is 54.0 Å². The summed E-state index contributed by atoms with van der Waals surface area (Å²) in [6.45, 7) is 5.50. The number of nitrogens with zero attached hydrogens (tertiary/aromatic N) is 3. The Balaban J connectivity index is 0.000000210. The maximum Gasteiger partial charge on any atom is 0.416 e. The van der Waals surface area contributed by atoms with Gasteiger partial charge in [-0.25, -0.2) is 4.39 Å². The maximum atomic E-state index is 13.6. The molecule has 0 spiro atoms. The normalized spacial score (nSPS) is 12.0. The predicted molar refractivity (Wildman–Crippen MR) is 203 cm³/mol. The van der Waals surface area contributed by atoms with E-state index >= 15 is 0 Å². The molecule has 0 amide bonds. The smallest absolute Gasteiger partial charge is 0.416 e. The van der Waals surface area contributed by atoms with Crippen molar-refractivity contribution in [1.82, 2.24) is 4.37 Å². The van der Waals surface area contributed by atoms with Gasteiger partial charge in [0.05, 0.1) is 11.3 Å². The highest BCUT2D eigenvalue weighted by molar-refractivity contribution is 7.06. The highest BCUT2D eigenvalue weighted by Crippen LogP contribution is 2.43. The number of rotatable bonds is 6. The lowest BCUT2D eigenvalue weighted by molar-refractivity contribution is -0.137. The Morgan fingerprint density at radius 3 is 1.67 bits per heavy atom. The first-order valence-electron chi connectivity index (χ1n) is 15.9. The predicted octanol–water partition coefficient (Wildman–Crippen LogP) is 9.83. The zero-order valence-corrected chi connectivity index (χ0v) is 30.3. The molecule has 1 heterocycles. The lowest BCUT2D eigenvalue weighted by Gasteiger charge is -2.20. The molecular weight excluding hydrogens is 746 g/mol. The van der Waals surface area contributed by atoms with Crippen LogP contribution in [0, 0.1) is 26.6 Å². The molecule has 0 atom stereocenters. The number of aromatic nitrogens is 1. The molecule has 0 radical (unpaired) electrons. The number of halogens is 5. The summed E-state index contributed by atoms with van der Waals surface area (Å²) in [4.78, 5) is 1.02. The molecule has 0 fully saturated rings. The summed E-state index contributed by atoms with van der Waals surface area (Å²) in [5, 5.41) is 44.0. The van der Waals surface area contributed by atoms with Crippen LogP contribution in [-0.2, 0) is 6.18 Å². The van der Waals surface area contributed by atoms with Gasteiger partial charge in [-0.3, -0.25) is 0 Å². The van der Waals surface area contributed by atoms with Gasteiger partial charge in [-0.2, -0.15) is 17.5 Å². The number of nitrogens with two attached hydrogens (primary N) is 2. The molecule has 6 rings (SSSR count). The number of amidine groups is 2. The quantitative estimate of drug-likeness (QED) is 0.0321. The molecule has 6 aromatic rings. The monoisotopic (exact) mass is 777 g/mol. The van der Waals surface area contributed by atoms with Crippen LogP contribution in [-0.4, -0.2) is 36.7 Å². The van der Waals surface area contributed by atoms with Crippen LogP contribution in [0.4, 0.5) is 17.6 Å². The molecule has 0 saturated carbocycles. The van der Waals surface area contributed by atoms with Crippen molar-refractivity contribution >= 4 is 34.8 Å². The molecule has 1 aromatic heterocycles. The third-order valence-electron chi connectivity index (χ3n) is 8.43. The van der Waals surface area contributed by atoms with Gasteiger partial charge in [0.25, 0.3) is 0 Å². The molecule has 5 aromatic carbocycles. The van der Waals surface area contributed by atoms with Crippen LogP contribution in [0.25, 0.3) is 44.5 Å². The number of aryl methyl sites for hydroxylation is 3. The number of hydrogen-bond acceptors (Lipinski definition) is 8. The van der Waals surface area contributed by atoms with E-state index in [1.54, 1.807) is 37.3 Å². The first-order valence-corrected chi connectivity index (χ1v) is 17.0. The molecule has 54 heavy (non-hydrogen) atoms. The lowest BCUT2D eigenvalue weighted by atomic mass is 9.86. The highest BCUT2D eigenvalue weighted by atomic mass is 35.5. The molecule has 15 heteroatoms. The van der Waals surface area contributed by atoms with Crippen LogP contribution in [0.3, 0.4) is 0 Å². The van der Waals surface area contributed by atoms with Crippen molar-refractivity contribution in [2.75, 3.05) is 0 Å². The average molecular weight is 778 g/mol. The Hall–Kier alpha value is -6.12. The SMILES string of the molecule is Cc1cc(F)ccc1-c1c(/C(N)=N/O)cc(C(F)(F)F)cc1-c1ccc(O)cc1.Cc1nsc(C)c1-c1c(/C(N)=N/O)cc(Cl)cc1-c1ccc(O)cc1. The number of phenolic OH excluding ortho intramolecular Hbond substituents is 2. The van der Waals surface area contributed by atoms with Gasteiger partial charge in [0.1, 0.15) is 17.3 Å². The second-order valence-electron chi connectivity index (χ2n) is 12.0. The van der Waals surface area contributed by atoms with E-state index in [1.807, 2.05) is 19.9 Å². The van der Waals surface area contributed by atoms with Crippen molar-refractivity contribution in [2.45, 2.75) is 26.9 Å². The lowest BCUT2D eigenvalue weighted by Crippen LogP contribution is -2.17. The minimum absolute atomic E-state index is 0.0254. The standard InChI is InChI=1S/C21H16F4N2O2.C18H16ClN3O2S/c1-11-8-14(22)4-7-16(11)19-17(12-2-5-15(28)6-3-12)9-13(21(23,24)25)10-18(19)20(26)27-29;1-9-16(10(2)25-22-9)17-14(11-3-5-13(23)6-4-11)7-12(19)8-15(17)18(20)21-24/h2-10,28-29H,1H3,(H2,26,27);3-8,23-24H,1-2H3,(H2,20,21). The molecule has 0 aliphatic rings. The van der Waals surface area contributed by atoms with Crippen LogP contribution in [0.1, 0.15) is 32.8 Å². The van der Waals surface area contributed by atoms with Gasteiger partial charge >= 0.3 is 6.18 Å². The van der Waals surface area contributed by atoms with Gasteiger partial charge in [0.2, 0.25) is 0 Å². The van der Waals surface area contributed by atoms with E-state index < -0.39 is 23.4 Å². The summed E-state index contributed by atoms with van der Waals surface area (Å²) >= 11 is 7.69. The minimum Gasteiger partial charge on any atom is -0.508 e. The first-order chi connectivity index (χ1) is 25.5. The number of aromatic hydroxyl groups is 2. The molecule has 9 nitrogen and oxygen atoms in total. The Morgan fingerprint density at radius 2 is 1.20 bits per heavy atom. The Morgan fingerprint density at radius 1 is 0.685 bits per heavy atom. The van der Waals surface area contributed by atoms with Crippen LogP contribution in [0.15, 0.2) is 101 Å². The van der Waals surface area contributed by atoms with E-state index in [4.69, 9.17) is 28.3 Å². The highest BCUT2D eigenvalue weighted by Gasteiger charge is 2.33. The van der Waals surface area contributed by atoms with Crippen LogP contribution >= 0.6 is 23.1 Å². The van der Waals surface area contributed by atoms with E-state index in [0.717, 1.165) is 45.0 Å². The molecule has 0 bridgehead atoms. The molecule has 278 valence electrons. The summed E-state index contributed by atoms with van der Waals surface area (Å²) < 4.78 is 58.6. The van der Waals surface area contributed by atoms with Gasteiger partial charge in [-0.15, -0.1) is 0 Å². The van der Waals surface area contributed by atoms with Gasteiger partial charge in [-0.1, -0.05) is 52.2 Å². The van der Waals surface area contributed by atoms with Gasteiger partial charge < -0.3 is 32.1 Å². The summed E-state index contributed by atoms with van der Waals surface area (Å²) in [7, 11) is 0. The molecule has 0 saturated heterocycles. The van der Waals surface area contributed by atoms with E-state index in [2.05, 4.69) is 14.7 Å². The summed E-state index contributed by atoms with van der Waals surface area (Å²) in [6.07, 6.45) is -4.69. The number of oxime groups is 2. The summed E-state index contributed by atoms with van der Waals surface area (Å²) in [6, 6.07) is 21.4. The summed E-state index contributed by atoms with van der Waals surface area (Å²) in [5.74, 6) is -0.933. The Kier molecular flexibility index (Phi) is 11.5. The minimum atomic E-state index is -4.69. The second-order valence-corrected chi connectivity index (χ2v) is 13.5. The summed E-state index contributed by atoms with van der Waals surface area (Å²) in [5.41, 5.74) is 16.9. The largest absolute Gasteiger partial charge is 0.508 e. The number of phenols is 2. The van der Waals surface area contributed by atoms with E-state index in [0.29, 0.717) is 27.3 Å². The third-order valence-corrected chi connectivity index (χ3v) is 9.50. The number of alkyl halides is 3. The third kappa shape index (κ3) is 8.24. The molecular formula is C39H32ClF4N5O4S. The topological polar surface area (TPSA) is 171 Å². The second kappa shape index (κ2) is 15.9. The zero-order chi connectivity index (χ0) is 39.5.